The van der Waals surface area contributed by atoms with Gasteiger partial charge in [-0.1, -0.05) is 0 Å². The molecule has 0 radical (unpaired) electrons. The van der Waals surface area contributed by atoms with Crippen LogP contribution in [0.15, 0.2) is 18.5 Å². The SMILES string of the molecule is Nc1ncc(-c2cc(N3C[C@H]4CC[C@@H]3C4)nc(C3CC3)n2)cn1. The Kier molecular flexibility index (Phi) is 2.80. The summed E-state index contributed by atoms with van der Waals surface area (Å²) in [6, 6.07) is 2.76. The predicted octanol–water partition coefficient (Wildman–Crippen LogP) is 2.38. The fraction of sp³-hybridized carbons (Fsp3) is 0.529. The Morgan fingerprint density at radius 1 is 1.04 bits per heavy atom. The molecular formula is C17H20N6. The van der Waals surface area contributed by atoms with E-state index in [4.69, 9.17) is 15.7 Å². The Morgan fingerprint density at radius 2 is 1.87 bits per heavy atom. The second-order valence-corrected chi connectivity index (χ2v) is 7.06. The van der Waals surface area contributed by atoms with Gasteiger partial charge in [-0.2, -0.15) is 0 Å². The van der Waals surface area contributed by atoms with E-state index in [1.165, 1.54) is 32.1 Å². The molecule has 0 spiro atoms. The Hall–Kier alpha value is -2.24. The van der Waals surface area contributed by atoms with Gasteiger partial charge < -0.3 is 10.6 Å². The van der Waals surface area contributed by atoms with E-state index in [0.717, 1.165) is 35.4 Å². The fourth-order valence-corrected chi connectivity index (χ4v) is 3.95. The molecule has 5 rings (SSSR count). The number of fused-ring (bicyclic) bond motifs is 2. The number of rotatable bonds is 3. The summed E-state index contributed by atoms with van der Waals surface area (Å²) >= 11 is 0. The summed E-state index contributed by atoms with van der Waals surface area (Å²) < 4.78 is 0. The lowest BCUT2D eigenvalue weighted by Crippen LogP contribution is -2.32. The Balaban J connectivity index is 1.56. The molecule has 3 heterocycles. The third kappa shape index (κ3) is 2.33. The van der Waals surface area contributed by atoms with Crippen LogP contribution in [0.2, 0.25) is 0 Å². The molecule has 2 bridgehead atoms. The van der Waals surface area contributed by atoms with Crippen molar-refractivity contribution in [1.82, 2.24) is 19.9 Å². The zero-order valence-corrected chi connectivity index (χ0v) is 13.0. The number of nitrogens with two attached hydrogens (primary N) is 1. The van der Waals surface area contributed by atoms with Gasteiger partial charge in [0.25, 0.3) is 0 Å². The summed E-state index contributed by atoms with van der Waals surface area (Å²) in [6.07, 6.45) is 9.90. The van der Waals surface area contributed by atoms with Gasteiger partial charge in [-0.05, 0) is 38.0 Å². The lowest BCUT2D eigenvalue weighted by atomic mass is 10.1. The molecule has 2 aromatic heterocycles. The summed E-state index contributed by atoms with van der Waals surface area (Å²) in [4.78, 5) is 20.4. The second-order valence-electron chi connectivity index (χ2n) is 7.06. The minimum absolute atomic E-state index is 0.294. The number of nitrogen functional groups attached to an aromatic ring is 1. The quantitative estimate of drug-likeness (QED) is 0.937. The average Bonchev–Trinajstić information content (AvgIpc) is 3.22. The van der Waals surface area contributed by atoms with Crippen molar-refractivity contribution >= 4 is 11.8 Å². The van der Waals surface area contributed by atoms with Crippen molar-refractivity contribution in [2.45, 2.75) is 44.1 Å². The molecule has 6 nitrogen and oxygen atoms in total. The molecule has 2 aromatic rings. The van der Waals surface area contributed by atoms with E-state index in [2.05, 4.69) is 20.9 Å². The Bertz CT molecular complexity index is 739. The van der Waals surface area contributed by atoms with Gasteiger partial charge in [0, 0.05) is 42.5 Å². The maximum absolute atomic E-state index is 5.60. The molecule has 23 heavy (non-hydrogen) atoms. The van der Waals surface area contributed by atoms with E-state index < -0.39 is 0 Å². The van der Waals surface area contributed by atoms with Crippen molar-refractivity contribution < 1.29 is 0 Å². The molecule has 0 unspecified atom stereocenters. The van der Waals surface area contributed by atoms with Crippen LogP contribution in [0, 0.1) is 5.92 Å². The molecule has 2 atom stereocenters. The van der Waals surface area contributed by atoms with Gasteiger partial charge in [0.1, 0.15) is 11.6 Å². The summed E-state index contributed by atoms with van der Waals surface area (Å²) in [5, 5.41) is 0. The first-order valence-corrected chi connectivity index (χ1v) is 8.50. The van der Waals surface area contributed by atoms with Gasteiger partial charge in [0.15, 0.2) is 0 Å². The van der Waals surface area contributed by atoms with Crippen molar-refractivity contribution in [2.24, 2.45) is 5.92 Å². The molecule has 0 amide bonds. The third-order valence-corrected chi connectivity index (χ3v) is 5.34. The smallest absolute Gasteiger partial charge is 0.219 e. The van der Waals surface area contributed by atoms with Crippen molar-refractivity contribution in [3.8, 4) is 11.3 Å². The third-order valence-electron chi connectivity index (χ3n) is 5.34. The first-order valence-electron chi connectivity index (χ1n) is 8.50. The number of piperidine rings is 1. The van der Waals surface area contributed by atoms with E-state index in [0.29, 0.717) is 17.9 Å². The number of aromatic nitrogens is 4. The van der Waals surface area contributed by atoms with Crippen LogP contribution < -0.4 is 10.6 Å². The molecule has 2 aliphatic carbocycles. The molecule has 6 heteroatoms. The van der Waals surface area contributed by atoms with E-state index in [9.17, 15) is 0 Å². The Morgan fingerprint density at radius 3 is 2.52 bits per heavy atom. The largest absolute Gasteiger partial charge is 0.368 e. The zero-order chi connectivity index (χ0) is 15.4. The van der Waals surface area contributed by atoms with Gasteiger partial charge in [-0.3, -0.25) is 0 Å². The summed E-state index contributed by atoms with van der Waals surface area (Å²) in [5.74, 6) is 3.74. The molecule has 118 valence electrons. The monoisotopic (exact) mass is 308 g/mol. The van der Waals surface area contributed by atoms with Crippen LogP contribution in [0.1, 0.15) is 43.8 Å². The lowest BCUT2D eigenvalue weighted by Gasteiger charge is -2.28. The topological polar surface area (TPSA) is 80.8 Å². The zero-order valence-electron chi connectivity index (χ0n) is 13.0. The van der Waals surface area contributed by atoms with Gasteiger partial charge in [-0.25, -0.2) is 19.9 Å². The van der Waals surface area contributed by atoms with Crippen LogP contribution in [-0.4, -0.2) is 32.5 Å². The summed E-state index contributed by atoms with van der Waals surface area (Å²) in [7, 11) is 0. The molecule has 2 N–H and O–H groups in total. The van der Waals surface area contributed by atoms with Gasteiger partial charge in [0.05, 0.1) is 5.69 Å². The highest BCUT2D eigenvalue weighted by atomic mass is 15.3. The normalized spacial score (nSPS) is 26.0. The minimum atomic E-state index is 0.294. The maximum atomic E-state index is 5.60. The van der Waals surface area contributed by atoms with Crippen LogP contribution >= 0.6 is 0 Å². The van der Waals surface area contributed by atoms with Crippen LogP contribution in [0.25, 0.3) is 11.3 Å². The molecule has 1 saturated heterocycles. The van der Waals surface area contributed by atoms with E-state index in [-0.39, 0.29) is 0 Å². The minimum Gasteiger partial charge on any atom is -0.368 e. The molecule has 3 aliphatic rings. The summed E-state index contributed by atoms with van der Waals surface area (Å²) in [6.45, 7) is 1.14. The molecular weight excluding hydrogens is 288 g/mol. The van der Waals surface area contributed by atoms with E-state index >= 15 is 0 Å². The van der Waals surface area contributed by atoms with Gasteiger partial charge in [0.2, 0.25) is 5.95 Å². The standard InChI is InChI=1S/C17H20N6/c18-17-19-7-12(8-20-17)14-6-15(22-16(21-14)11-2-3-11)23-9-10-1-4-13(23)5-10/h6-8,10-11,13H,1-5,9H2,(H2,18,19,20)/t10-,13+/m0/s1. The average molecular weight is 308 g/mol. The molecule has 2 saturated carbocycles. The van der Waals surface area contributed by atoms with E-state index in [1.807, 2.05) is 0 Å². The maximum Gasteiger partial charge on any atom is 0.219 e. The number of anilines is 2. The molecule has 0 aromatic carbocycles. The first kappa shape index (κ1) is 13.2. The van der Waals surface area contributed by atoms with Crippen LogP contribution in [0.4, 0.5) is 11.8 Å². The van der Waals surface area contributed by atoms with Gasteiger partial charge in [-0.15, -0.1) is 0 Å². The molecule has 1 aliphatic heterocycles. The fourth-order valence-electron chi connectivity index (χ4n) is 3.95. The highest BCUT2D eigenvalue weighted by molar-refractivity contribution is 5.62. The second kappa shape index (κ2) is 4.88. The van der Waals surface area contributed by atoms with Crippen molar-refractivity contribution in [3.63, 3.8) is 0 Å². The number of hydrogen-bond donors (Lipinski definition) is 1. The number of hydrogen-bond acceptors (Lipinski definition) is 6. The van der Waals surface area contributed by atoms with Crippen LogP contribution in [0.5, 0.6) is 0 Å². The number of nitrogens with zero attached hydrogens (tertiary/aromatic N) is 5. The summed E-state index contributed by atoms with van der Waals surface area (Å²) in [5.41, 5.74) is 7.43. The van der Waals surface area contributed by atoms with Crippen LogP contribution in [0.3, 0.4) is 0 Å². The van der Waals surface area contributed by atoms with Crippen molar-refractivity contribution in [3.05, 3.63) is 24.3 Å². The lowest BCUT2D eigenvalue weighted by molar-refractivity contribution is 0.549. The van der Waals surface area contributed by atoms with Crippen molar-refractivity contribution in [1.29, 1.82) is 0 Å². The first-order chi connectivity index (χ1) is 11.3. The van der Waals surface area contributed by atoms with Crippen molar-refractivity contribution in [2.75, 3.05) is 17.2 Å². The molecule has 3 fully saturated rings. The van der Waals surface area contributed by atoms with E-state index in [1.54, 1.807) is 12.4 Å². The highest BCUT2D eigenvalue weighted by Gasteiger charge is 2.39. The van der Waals surface area contributed by atoms with Gasteiger partial charge >= 0.3 is 0 Å². The highest BCUT2D eigenvalue weighted by Crippen LogP contribution is 2.43. The van der Waals surface area contributed by atoms with Crippen LogP contribution in [-0.2, 0) is 0 Å². The predicted molar refractivity (Wildman–Crippen MR) is 87.9 cm³/mol. The Labute approximate surface area is 135 Å².